The van der Waals surface area contributed by atoms with E-state index in [-0.39, 0.29) is 18.8 Å². The molecule has 2 aliphatic rings. The number of nitrogen functional groups attached to an aromatic ring is 1. The summed E-state index contributed by atoms with van der Waals surface area (Å²) in [6.07, 6.45) is 1.51. The minimum Gasteiger partial charge on any atom is -0.384 e. The first kappa shape index (κ1) is 28.3. The monoisotopic (exact) mass is 580 g/mol. The summed E-state index contributed by atoms with van der Waals surface area (Å²) >= 11 is 1.36. The molecular weight excluding hydrogens is 551 g/mol. The van der Waals surface area contributed by atoms with E-state index in [2.05, 4.69) is 15.6 Å². The lowest BCUT2D eigenvalue weighted by molar-refractivity contribution is -0.152. The van der Waals surface area contributed by atoms with Crippen LogP contribution in [0.4, 0.5) is 4.39 Å². The summed E-state index contributed by atoms with van der Waals surface area (Å²) in [7, 11) is 0. The molecule has 3 amide bonds. The van der Waals surface area contributed by atoms with Gasteiger partial charge in [-0.3, -0.25) is 19.8 Å². The van der Waals surface area contributed by atoms with Crippen LogP contribution >= 0.6 is 11.3 Å². The Morgan fingerprint density at radius 1 is 1.22 bits per heavy atom. The van der Waals surface area contributed by atoms with E-state index in [0.29, 0.717) is 24.3 Å². The zero-order valence-electron chi connectivity index (χ0n) is 22.2. The molecule has 2 fully saturated rings. The number of likely N-dealkylation sites (tertiary alicyclic amines) is 1. The maximum absolute atomic E-state index is 14.8. The molecule has 0 bridgehead atoms. The number of nitrogens with one attached hydrogen (secondary N) is 3. The van der Waals surface area contributed by atoms with Crippen molar-refractivity contribution in [1.82, 2.24) is 20.5 Å². The third kappa shape index (κ3) is 6.11. The maximum Gasteiger partial charge on any atom is 0.273 e. The number of pyridine rings is 1. The Morgan fingerprint density at radius 2 is 1.95 bits per heavy atom. The predicted octanol–water partition coefficient (Wildman–Crippen LogP) is 2.18. The van der Waals surface area contributed by atoms with Gasteiger partial charge < -0.3 is 30.7 Å². The predicted molar refractivity (Wildman–Crippen MR) is 149 cm³/mol. The normalized spacial score (nSPS) is 18.3. The highest BCUT2D eigenvalue weighted by atomic mass is 32.1. The SMILES string of the molecule is CC(NC(=O)[C@@H]1CC2(CN1C(=O)CNC(=O)c1ncc(-c3ccccc3)cc1F)OCCO2)c1cc(C(=N)N)cs1. The molecular formula is C28H29FN6O5S. The quantitative estimate of drug-likeness (QED) is 0.235. The van der Waals surface area contributed by atoms with E-state index in [1.165, 1.54) is 28.5 Å². The minimum atomic E-state index is -1.11. The molecule has 2 atom stereocenters. The molecule has 1 unspecified atom stereocenters. The molecule has 0 radical (unpaired) electrons. The topological polar surface area (TPSA) is 160 Å². The number of halogens is 1. The first-order valence-electron chi connectivity index (χ1n) is 13.0. The Balaban J connectivity index is 1.25. The summed E-state index contributed by atoms with van der Waals surface area (Å²) in [5.41, 5.74) is 6.93. The van der Waals surface area contributed by atoms with Crippen molar-refractivity contribution in [2.45, 2.75) is 31.2 Å². The molecule has 214 valence electrons. The highest BCUT2D eigenvalue weighted by molar-refractivity contribution is 7.10. The lowest BCUT2D eigenvalue weighted by Crippen LogP contribution is -2.49. The third-order valence-electron chi connectivity index (χ3n) is 7.01. The summed E-state index contributed by atoms with van der Waals surface area (Å²) in [5, 5.41) is 14.6. The molecule has 1 spiro atoms. The number of ether oxygens (including phenoxy) is 2. The van der Waals surface area contributed by atoms with Crippen molar-refractivity contribution in [2.75, 3.05) is 26.3 Å². The fourth-order valence-electron chi connectivity index (χ4n) is 4.88. The van der Waals surface area contributed by atoms with Crippen LogP contribution in [0.5, 0.6) is 0 Å². The Bertz CT molecular complexity index is 1480. The van der Waals surface area contributed by atoms with Gasteiger partial charge in [0.1, 0.15) is 11.9 Å². The van der Waals surface area contributed by atoms with Gasteiger partial charge in [0.15, 0.2) is 17.3 Å². The van der Waals surface area contributed by atoms with Crippen LogP contribution in [0.25, 0.3) is 11.1 Å². The Labute approximate surface area is 239 Å². The number of nitrogens with two attached hydrogens (primary N) is 1. The molecule has 5 rings (SSSR count). The van der Waals surface area contributed by atoms with Crippen molar-refractivity contribution in [1.29, 1.82) is 5.41 Å². The van der Waals surface area contributed by atoms with E-state index in [1.54, 1.807) is 30.5 Å². The van der Waals surface area contributed by atoms with Crippen LogP contribution in [-0.4, -0.2) is 71.6 Å². The average molecular weight is 581 g/mol. The summed E-state index contributed by atoms with van der Waals surface area (Å²) in [6.45, 7) is 1.97. The summed E-state index contributed by atoms with van der Waals surface area (Å²) in [5.74, 6) is -3.84. The van der Waals surface area contributed by atoms with Crippen LogP contribution in [0.1, 0.15) is 40.3 Å². The van der Waals surface area contributed by atoms with Gasteiger partial charge in [-0.05, 0) is 24.6 Å². The Morgan fingerprint density at radius 3 is 2.61 bits per heavy atom. The van der Waals surface area contributed by atoms with E-state index >= 15 is 0 Å². The Kier molecular flexibility index (Phi) is 8.10. The van der Waals surface area contributed by atoms with Crippen molar-refractivity contribution >= 4 is 34.9 Å². The van der Waals surface area contributed by atoms with Crippen LogP contribution in [0.2, 0.25) is 0 Å². The summed E-state index contributed by atoms with van der Waals surface area (Å²) in [6, 6.07) is 10.7. The second-order valence-corrected chi connectivity index (χ2v) is 10.8. The Hall–Kier alpha value is -4.20. The fourth-order valence-corrected chi connectivity index (χ4v) is 5.79. The summed E-state index contributed by atoms with van der Waals surface area (Å²) in [4.78, 5) is 45.4. The van der Waals surface area contributed by atoms with E-state index in [1.807, 2.05) is 18.2 Å². The first-order valence-corrected chi connectivity index (χ1v) is 13.8. The van der Waals surface area contributed by atoms with Crippen LogP contribution in [-0.2, 0) is 19.1 Å². The van der Waals surface area contributed by atoms with Crippen LogP contribution in [0, 0.1) is 11.2 Å². The number of amidine groups is 1. The number of benzene rings is 1. The fraction of sp³-hybridized carbons (Fsp3) is 0.321. The van der Waals surface area contributed by atoms with Gasteiger partial charge in [-0.15, -0.1) is 11.3 Å². The van der Waals surface area contributed by atoms with E-state index in [9.17, 15) is 18.8 Å². The zero-order valence-corrected chi connectivity index (χ0v) is 23.0. The molecule has 0 saturated carbocycles. The van der Waals surface area contributed by atoms with E-state index in [0.717, 1.165) is 10.4 Å². The number of thiophene rings is 1. The molecule has 4 heterocycles. The maximum atomic E-state index is 14.8. The molecule has 2 aliphatic heterocycles. The van der Waals surface area contributed by atoms with Crippen molar-refractivity contribution in [3.8, 4) is 11.1 Å². The minimum absolute atomic E-state index is 0.0000415. The molecule has 3 aromatic rings. The molecule has 41 heavy (non-hydrogen) atoms. The largest absolute Gasteiger partial charge is 0.384 e. The first-order chi connectivity index (χ1) is 19.7. The highest BCUT2D eigenvalue weighted by Gasteiger charge is 2.52. The highest BCUT2D eigenvalue weighted by Crippen LogP contribution is 2.35. The molecule has 13 heteroatoms. The number of hydrogen-bond acceptors (Lipinski definition) is 8. The smallest absolute Gasteiger partial charge is 0.273 e. The van der Waals surface area contributed by atoms with Gasteiger partial charge in [0, 0.05) is 34.0 Å². The van der Waals surface area contributed by atoms with Crippen molar-refractivity contribution in [3.05, 3.63) is 76.0 Å². The number of amides is 3. The molecule has 11 nitrogen and oxygen atoms in total. The van der Waals surface area contributed by atoms with E-state index in [4.69, 9.17) is 20.6 Å². The lowest BCUT2D eigenvalue weighted by Gasteiger charge is -2.25. The van der Waals surface area contributed by atoms with Crippen LogP contribution in [0.15, 0.2) is 54.0 Å². The van der Waals surface area contributed by atoms with Crippen molar-refractivity contribution in [3.63, 3.8) is 0 Å². The molecule has 0 aliphatic carbocycles. The zero-order chi connectivity index (χ0) is 29.1. The van der Waals surface area contributed by atoms with Gasteiger partial charge >= 0.3 is 0 Å². The number of carbonyl (C=O) groups is 3. The molecule has 5 N–H and O–H groups in total. The van der Waals surface area contributed by atoms with Gasteiger partial charge in [-0.2, -0.15) is 0 Å². The van der Waals surface area contributed by atoms with Crippen molar-refractivity contribution in [2.24, 2.45) is 5.73 Å². The summed E-state index contributed by atoms with van der Waals surface area (Å²) < 4.78 is 26.3. The molecule has 2 saturated heterocycles. The second-order valence-electron chi connectivity index (χ2n) is 9.83. The number of carbonyl (C=O) groups excluding carboxylic acids is 3. The van der Waals surface area contributed by atoms with Crippen LogP contribution < -0.4 is 16.4 Å². The number of hydrogen-bond donors (Lipinski definition) is 4. The van der Waals surface area contributed by atoms with Crippen LogP contribution in [0.3, 0.4) is 0 Å². The molecule has 1 aromatic carbocycles. The van der Waals surface area contributed by atoms with Crippen molar-refractivity contribution < 1.29 is 28.2 Å². The van der Waals surface area contributed by atoms with Gasteiger partial charge in [-0.25, -0.2) is 9.37 Å². The third-order valence-corrected chi connectivity index (χ3v) is 8.12. The number of rotatable bonds is 8. The van der Waals surface area contributed by atoms with Gasteiger partial charge in [0.2, 0.25) is 11.8 Å². The number of nitrogens with zero attached hydrogens (tertiary/aromatic N) is 2. The lowest BCUT2D eigenvalue weighted by atomic mass is 10.1. The molecule has 2 aromatic heterocycles. The second kappa shape index (κ2) is 11.7. The standard InChI is InChI=1S/C28H29FN6O5S/c1-16(22-10-19(14-41-22)25(30)31)34-26(37)21-11-28(39-7-8-40-28)15-35(21)23(36)13-33-27(38)24-20(29)9-18(12-32-24)17-5-3-2-4-6-17/h2-6,9-10,12,14,16,21H,7-8,11,13,15H2,1H3,(H3,30,31)(H,33,38)(H,34,37)/t16?,21-/m0/s1. The van der Waals surface area contributed by atoms with Gasteiger partial charge in [0.05, 0.1) is 32.3 Å². The van der Waals surface area contributed by atoms with Gasteiger partial charge in [-0.1, -0.05) is 30.3 Å². The number of aromatic nitrogens is 1. The van der Waals surface area contributed by atoms with E-state index < -0.39 is 53.6 Å². The van der Waals surface area contributed by atoms with Gasteiger partial charge in [0.25, 0.3) is 5.91 Å². The average Bonchev–Trinajstić information content (AvgIpc) is 3.73.